The predicted molar refractivity (Wildman–Crippen MR) is 107 cm³/mol. The van der Waals surface area contributed by atoms with E-state index in [1.54, 1.807) is 0 Å². The zero-order valence-corrected chi connectivity index (χ0v) is 15.3. The SMILES string of the molecule is O=C1CCC[Si](c2ccccc2)(c2ccccc2)c2ccccc2C1. The highest BCUT2D eigenvalue weighted by Gasteiger charge is 2.41. The van der Waals surface area contributed by atoms with Gasteiger partial charge in [0.05, 0.1) is 0 Å². The summed E-state index contributed by atoms with van der Waals surface area (Å²) in [6, 6.07) is 31.7. The van der Waals surface area contributed by atoms with Crippen molar-refractivity contribution < 1.29 is 4.79 Å². The first-order valence-corrected chi connectivity index (χ1v) is 11.2. The highest BCUT2D eigenvalue weighted by molar-refractivity contribution is 7.11. The molecule has 0 amide bonds. The van der Waals surface area contributed by atoms with Crippen LogP contribution in [0.2, 0.25) is 6.04 Å². The maximum absolute atomic E-state index is 12.3. The molecule has 0 spiro atoms. The first-order valence-electron chi connectivity index (χ1n) is 9.02. The number of rotatable bonds is 2. The molecule has 3 aromatic rings. The minimum atomic E-state index is -2.12. The van der Waals surface area contributed by atoms with Crippen molar-refractivity contribution in [2.24, 2.45) is 0 Å². The number of carbonyl (C=O) groups excluding carboxylic acids is 1. The third kappa shape index (κ3) is 2.87. The molecule has 1 heterocycles. The number of carbonyl (C=O) groups is 1. The second-order valence-corrected chi connectivity index (χ2v) is 10.9. The van der Waals surface area contributed by atoms with Gasteiger partial charge in [0.15, 0.2) is 0 Å². The zero-order valence-electron chi connectivity index (χ0n) is 14.3. The van der Waals surface area contributed by atoms with Crippen molar-refractivity contribution in [1.29, 1.82) is 0 Å². The first-order chi connectivity index (χ1) is 12.3. The Balaban J connectivity index is 2.04. The maximum atomic E-state index is 12.3. The highest BCUT2D eigenvalue weighted by Crippen LogP contribution is 2.21. The van der Waals surface area contributed by atoms with Crippen LogP contribution in [0.25, 0.3) is 0 Å². The maximum Gasteiger partial charge on any atom is 0.148 e. The van der Waals surface area contributed by atoms with E-state index in [0.717, 1.165) is 12.5 Å². The second-order valence-electron chi connectivity index (χ2n) is 6.86. The molecule has 4 rings (SSSR count). The molecule has 0 unspecified atom stereocenters. The Kier molecular flexibility index (Phi) is 4.37. The summed E-state index contributed by atoms with van der Waals surface area (Å²) in [6.07, 6.45) is 2.25. The summed E-state index contributed by atoms with van der Waals surface area (Å²) in [4.78, 5) is 12.3. The smallest absolute Gasteiger partial charge is 0.148 e. The first kappa shape index (κ1) is 16.0. The van der Waals surface area contributed by atoms with Crippen molar-refractivity contribution in [3.63, 3.8) is 0 Å². The third-order valence-electron chi connectivity index (χ3n) is 5.41. The van der Waals surface area contributed by atoms with Gasteiger partial charge in [-0.2, -0.15) is 0 Å². The lowest BCUT2D eigenvalue weighted by atomic mass is 10.1. The van der Waals surface area contributed by atoms with E-state index in [2.05, 4.69) is 84.9 Å². The third-order valence-corrected chi connectivity index (χ3v) is 10.6. The fourth-order valence-electron chi connectivity index (χ4n) is 4.29. The molecule has 0 aliphatic carbocycles. The molecule has 0 bridgehead atoms. The van der Waals surface area contributed by atoms with Gasteiger partial charge in [0, 0.05) is 12.8 Å². The monoisotopic (exact) mass is 342 g/mol. The van der Waals surface area contributed by atoms with Crippen molar-refractivity contribution in [3.05, 3.63) is 90.5 Å². The number of hydrogen-bond acceptors (Lipinski definition) is 1. The summed E-state index contributed by atoms with van der Waals surface area (Å²) in [5, 5.41) is 4.31. The number of Topliss-reactive ketones (excluding diaryl/α,β-unsaturated/α-hetero) is 1. The summed E-state index contributed by atoms with van der Waals surface area (Å²) in [5.41, 5.74) is 1.23. The lowest BCUT2D eigenvalue weighted by Crippen LogP contribution is -2.68. The van der Waals surface area contributed by atoms with E-state index in [4.69, 9.17) is 0 Å². The quantitative estimate of drug-likeness (QED) is 0.654. The van der Waals surface area contributed by atoms with Crippen LogP contribution in [-0.2, 0) is 11.2 Å². The molecule has 1 nitrogen and oxygen atoms in total. The van der Waals surface area contributed by atoms with E-state index < -0.39 is 8.07 Å². The van der Waals surface area contributed by atoms with E-state index in [0.29, 0.717) is 18.6 Å². The molecule has 1 aliphatic heterocycles. The fourth-order valence-corrected chi connectivity index (χ4v) is 9.42. The summed E-state index contributed by atoms with van der Waals surface area (Å²) in [7, 11) is -2.12. The van der Waals surface area contributed by atoms with Crippen molar-refractivity contribution in [1.82, 2.24) is 0 Å². The molecule has 0 fully saturated rings. The van der Waals surface area contributed by atoms with Gasteiger partial charge in [-0.15, -0.1) is 0 Å². The van der Waals surface area contributed by atoms with Gasteiger partial charge >= 0.3 is 0 Å². The van der Waals surface area contributed by atoms with Crippen LogP contribution >= 0.6 is 0 Å². The molecule has 3 aromatic carbocycles. The van der Waals surface area contributed by atoms with Crippen LogP contribution < -0.4 is 15.6 Å². The van der Waals surface area contributed by atoms with Gasteiger partial charge in [0.2, 0.25) is 0 Å². The topological polar surface area (TPSA) is 17.1 Å². The summed E-state index contributed by atoms with van der Waals surface area (Å²) >= 11 is 0. The fraction of sp³-hybridized carbons (Fsp3) is 0.174. The van der Waals surface area contributed by atoms with E-state index in [1.807, 2.05) is 0 Å². The van der Waals surface area contributed by atoms with Gasteiger partial charge in [-0.1, -0.05) is 84.9 Å². The molecule has 0 saturated heterocycles. The number of fused-ring (bicyclic) bond motifs is 1. The average molecular weight is 343 g/mol. The molecule has 124 valence electrons. The summed E-state index contributed by atoms with van der Waals surface area (Å²) in [6.45, 7) is 0. The number of hydrogen-bond donors (Lipinski definition) is 0. The molecule has 0 atom stereocenters. The van der Waals surface area contributed by atoms with E-state index in [-0.39, 0.29) is 0 Å². The van der Waals surface area contributed by atoms with Gasteiger partial charge < -0.3 is 0 Å². The van der Waals surface area contributed by atoms with Crippen molar-refractivity contribution >= 4 is 29.4 Å². The zero-order chi connectivity index (χ0) is 17.1. The molecular formula is C23H22OSi. The number of ketones is 1. The van der Waals surface area contributed by atoms with Gasteiger partial charge in [0.1, 0.15) is 13.9 Å². The van der Waals surface area contributed by atoms with Crippen molar-refractivity contribution in [3.8, 4) is 0 Å². The van der Waals surface area contributed by atoms with Crippen LogP contribution in [0.5, 0.6) is 0 Å². The van der Waals surface area contributed by atoms with Crippen LogP contribution in [0, 0.1) is 0 Å². The summed E-state index contributed by atoms with van der Waals surface area (Å²) < 4.78 is 0. The van der Waals surface area contributed by atoms with Gasteiger partial charge in [-0.05, 0) is 33.6 Å². The van der Waals surface area contributed by atoms with Gasteiger partial charge in [0.25, 0.3) is 0 Å². The lowest BCUT2D eigenvalue weighted by molar-refractivity contribution is -0.118. The Labute approximate surface area is 150 Å². The van der Waals surface area contributed by atoms with Crippen LogP contribution in [0.4, 0.5) is 0 Å². The Morgan fingerprint density at radius 1 is 0.680 bits per heavy atom. The molecule has 0 aromatic heterocycles. The largest absolute Gasteiger partial charge is 0.299 e. The number of benzene rings is 3. The Bertz CT molecular complexity index is 831. The molecule has 0 radical (unpaired) electrons. The molecule has 1 aliphatic rings. The van der Waals surface area contributed by atoms with E-state index in [9.17, 15) is 4.79 Å². The minimum absolute atomic E-state index is 0.371. The molecule has 2 heteroatoms. The lowest BCUT2D eigenvalue weighted by Gasteiger charge is -2.36. The predicted octanol–water partition coefficient (Wildman–Crippen LogP) is 3.06. The Morgan fingerprint density at radius 2 is 1.24 bits per heavy atom. The van der Waals surface area contributed by atoms with Crippen LogP contribution in [0.3, 0.4) is 0 Å². The molecule has 25 heavy (non-hydrogen) atoms. The van der Waals surface area contributed by atoms with Gasteiger partial charge in [-0.3, -0.25) is 4.79 Å². The van der Waals surface area contributed by atoms with E-state index in [1.165, 1.54) is 21.1 Å². The van der Waals surface area contributed by atoms with Crippen LogP contribution in [0.15, 0.2) is 84.9 Å². The molecule has 0 N–H and O–H groups in total. The second kappa shape index (κ2) is 6.81. The van der Waals surface area contributed by atoms with Gasteiger partial charge in [-0.25, -0.2) is 0 Å². The van der Waals surface area contributed by atoms with Crippen LogP contribution in [-0.4, -0.2) is 13.9 Å². The molecule has 0 saturated carbocycles. The van der Waals surface area contributed by atoms with E-state index >= 15 is 0 Å². The average Bonchev–Trinajstić information content (AvgIpc) is 2.66. The molecular weight excluding hydrogens is 320 g/mol. The van der Waals surface area contributed by atoms with Crippen LogP contribution in [0.1, 0.15) is 18.4 Å². The standard InChI is InChI=1S/C23H22OSi/c24-20-11-9-17-25(21-12-3-1-4-13-21,22-14-5-2-6-15-22)23-16-8-7-10-19(23)18-20/h1-8,10,12-16H,9,11,17-18H2. The normalized spacial score (nSPS) is 16.6. The minimum Gasteiger partial charge on any atom is -0.299 e. The van der Waals surface area contributed by atoms with Crippen molar-refractivity contribution in [2.75, 3.05) is 0 Å². The van der Waals surface area contributed by atoms with Crippen molar-refractivity contribution in [2.45, 2.75) is 25.3 Å². The Morgan fingerprint density at radius 3 is 1.88 bits per heavy atom. The highest BCUT2D eigenvalue weighted by atomic mass is 28.3. The Hall–Kier alpha value is -2.45. The summed E-state index contributed by atoms with van der Waals surface area (Å²) in [5.74, 6) is 0.371.